The predicted molar refractivity (Wildman–Crippen MR) is 75.1 cm³/mol. The number of nitrogens with zero attached hydrogens (tertiary/aromatic N) is 1. The van der Waals surface area contributed by atoms with E-state index in [0.717, 1.165) is 38.6 Å². The lowest BCUT2D eigenvalue weighted by molar-refractivity contribution is 0.461. The van der Waals surface area contributed by atoms with Gasteiger partial charge in [0.2, 0.25) is 0 Å². The summed E-state index contributed by atoms with van der Waals surface area (Å²) in [5.74, 6) is 0. The first-order chi connectivity index (χ1) is 8.76. The molecule has 3 nitrogen and oxygen atoms in total. The fraction of sp³-hybridized carbons (Fsp3) is 0.667. The van der Waals surface area contributed by atoms with Gasteiger partial charge in [-0.2, -0.15) is 0 Å². The van der Waals surface area contributed by atoms with Crippen LogP contribution >= 0.6 is 0 Å². The highest BCUT2D eigenvalue weighted by Gasteiger charge is 2.15. The van der Waals surface area contributed by atoms with Gasteiger partial charge in [-0.05, 0) is 51.1 Å². The van der Waals surface area contributed by atoms with Crippen molar-refractivity contribution in [2.24, 2.45) is 0 Å². The summed E-state index contributed by atoms with van der Waals surface area (Å²) in [5, 5.41) is 3.32. The van der Waals surface area contributed by atoms with E-state index in [-0.39, 0.29) is 5.56 Å². The summed E-state index contributed by atoms with van der Waals surface area (Å²) >= 11 is 0. The summed E-state index contributed by atoms with van der Waals surface area (Å²) in [4.78, 5) is 11.9. The molecular formula is C15H24N2O. The summed E-state index contributed by atoms with van der Waals surface area (Å²) < 4.78 is 2.00. The number of nitrogens with one attached hydrogen (secondary N) is 1. The highest BCUT2D eigenvalue weighted by Crippen LogP contribution is 2.20. The van der Waals surface area contributed by atoms with Crippen molar-refractivity contribution in [1.29, 1.82) is 0 Å². The smallest absolute Gasteiger partial charge is 0.250 e. The Labute approximate surface area is 109 Å². The number of hydrogen-bond donors (Lipinski definition) is 1. The van der Waals surface area contributed by atoms with Gasteiger partial charge in [-0.3, -0.25) is 4.79 Å². The molecule has 2 rings (SSSR count). The van der Waals surface area contributed by atoms with E-state index < -0.39 is 0 Å². The molecular weight excluding hydrogens is 224 g/mol. The maximum atomic E-state index is 11.9. The largest absolute Gasteiger partial charge is 0.317 e. The van der Waals surface area contributed by atoms with Crippen LogP contribution in [0.1, 0.15) is 43.9 Å². The van der Waals surface area contributed by atoms with Crippen LogP contribution in [0, 0.1) is 0 Å². The lowest BCUT2D eigenvalue weighted by Crippen LogP contribution is -2.26. The SMILES string of the molecule is CCC(CCCn1c2c(ccc1=O)CCC2)NC. The van der Waals surface area contributed by atoms with Crippen LogP contribution in [0.25, 0.3) is 0 Å². The third-order valence-corrected chi connectivity index (χ3v) is 4.08. The molecule has 1 aliphatic carbocycles. The van der Waals surface area contributed by atoms with Crippen molar-refractivity contribution in [2.75, 3.05) is 7.05 Å². The number of hydrogen-bond acceptors (Lipinski definition) is 2. The molecule has 0 aromatic carbocycles. The second-order valence-electron chi connectivity index (χ2n) is 5.18. The van der Waals surface area contributed by atoms with Crippen molar-refractivity contribution in [3.8, 4) is 0 Å². The zero-order valence-electron chi connectivity index (χ0n) is 11.5. The molecule has 1 aromatic heterocycles. The number of rotatable bonds is 6. The van der Waals surface area contributed by atoms with Gasteiger partial charge in [0.05, 0.1) is 0 Å². The first-order valence-electron chi connectivity index (χ1n) is 7.15. The molecule has 18 heavy (non-hydrogen) atoms. The van der Waals surface area contributed by atoms with E-state index in [0.29, 0.717) is 6.04 Å². The lowest BCUT2D eigenvalue weighted by Gasteiger charge is -2.15. The van der Waals surface area contributed by atoms with Crippen LogP contribution in [0.2, 0.25) is 0 Å². The zero-order valence-corrected chi connectivity index (χ0v) is 11.5. The Kier molecular flexibility index (Phi) is 4.59. The van der Waals surface area contributed by atoms with Crippen LogP contribution in [0.4, 0.5) is 0 Å². The summed E-state index contributed by atoms with van der Waals surface area (Å²) in [6, 6.07) is 4.33. The second-order valence-corrected chi connectivity index (χ2v) is 5.18. The van der Waals surface area contributed by atoms with E-state index >= 15 is 0 Å². The minimum atomic E-state index is 0.174. The van der Waals surface area contributed by atoms with Crippen molar-refractivity contribution in [3.05, 3.63) is 33.7 Å². The van der Waals surface area contributed by atoms with Crippen molar-refractivity contribution in [3.63, 3.8) is 0 Å². The molecule has 1 heterocycles. The summed E-state index contributed by atoms with van der Waals surface area (Å²) in [7, 11) is 2.01. The maximum absolute atomic E-state index is 11.9. The van der Waals surface area contributed by atoms with E-state index in [2.05, 4.69) is 12.2 Å². The fourth-order valence-electron chi connectivity index (χ4n) is 2.93. The molecule has 0 saturated carbocycles. The van der Waals surface area contributed by atoms with E-state index in [1.165, 1.54) is 17.7 Å². The Morgan fingerprint density at radius 3 is 2.94 bits per heavy atom. The molecule has 0 bridgehead atoms. The summed E-state index contributed by atoms with van der Waals surface area (Å²) in [6.07, 6.45) is 6.79. The van der Waals surface area contributed by atoms with Gasteiger partial charge in [0.15, 0.2) is 0 Å². The summed E-state index contributed by atoms with van der Waals surface area (Å²) in [5.41, 5.74) is 2.85. The molecule has 3 heteroatoms. The molecule has 1 N–H and O–H groups in total. The van der Waals surface area contributed by atoms with Crippen LogP contribution in [0.5, 0.6) is 0 Å². The number of aromatic nitrogens is 1. The molecule has 100 valence electrons. The highest BCUT2D eigenvalue weighted by molar-refractivity contribution is 5.25. The average molecular weight is 248 g/mol. The van der Waals surface area contributed by atoms with E-state index in [1.54, 1.807) is 6.07 Å². The number of fused-ring (bicyclic) bond motifs is 1. The Balaban J connectivity index is 2.02. The van der Waals surface area contributed by atoms with Gasteiger partial charge in [-0.15, -0.1) is 0 Å². The molecule has 0 saturated heterocycles. The first-order valence-corrected chi connectivity index (χ1v) is 7.15. The zero-order chi connectivity index (χ0) is 13.0. The van der Waals surface area contributed by atoms with Crippen molar-refractivity contribution >= 4 is 0 Å². The molecule has 0 amide bonds. The molecule has 1 unspecified atom stereocenters. The standard InChI is InChI=1S/C15H24N2O/c1-3-13(16-2)7-5-11-17-14-8-4-6-12(14)9-10-15(17)18/h9-10,13,16H,3-8,11H2,1-2H3. The fourth-order valence-corrected chi connectivity index (χ4v) is 2.93. The molecule has 1 atom stereocenters. The van der Waals surface area contributed by atoms with Gasteiger partial charge >= 0.3 is 0 Å². The van der Waals surface area contributed by atoms with Crippen molar-refractivity contribution in [2.45, 2.75) is 58.0 Å². The molecule has 0 radical (unpaired) electrons. The Morgan fingerprint density at radius 1 is 1.39 bits per heavy atom. The number of pyridine rings is 1. The third-order valence-electron chi connectivity index (χ3n) is 4.08. The lowest BCUT2D eigenvalue weighted by atomic mass is 10.1. The van der Waals surface area contributed by atoms with Crippen molar-refractivity contribution < 1.29 is 0 Å². The monoisotopic (exact) mass is 248 g/mol. The Hall–Kier alpha value is -1.09. The van der Waals surface area contributed by atoms with E-state index in [9.17, 15) is 4.79 Å². The Bertz CT molecular complexity index is 446. The topological polar surface area (TPSA) is 34.0 Å². The van der Waals surface area contributed by atoms with Crippen LogP contribution < -0.4 is 10.9 Å². The van der Waals surface area contributed by atoms with E-state index in [4.69, 9.17) is 0 Å². The maximum Gasteiger partial charge on any atom is 0.250 e. The van der Waals surface area contributed by atoms with Gasteiger partial charge in [0, 0.05) is 24.3 Å². The van der Waals surface area contributed by atoms with Gasteiger partial charge in [-0.1, -0.05) is 13.0 Å². The van der Waals surface area contributed by atoms with E-state index in [1.807, 2.05) is 17.7 Å². The van der Waals surface area contributed by atoms with Gasteiger partial charge in [0.1, 0.15) is 0 Å². The minimum absolute atomic E-state index is 0.174. The molecule has 0 fully saturated rings. The molecule has 0 aliphatic heterocycles. The van der Waals surface area contributed by atoms with Crippen LogP contribution in [-0.2, 0) is 19.4 Å². The predicted octanol–water partition coefficient (Wildman–Crippen LogP) is 2.12. The van der Waals surface area contributed by atoms with Crippen LogP contribution in [0.15, 0.2) is 16.9 Å². The van der Waals surface area contributed by atoms with Crippen LogP contribution in [0.3, 0.4) is 0 Å². The molecule has 1 aliphatic rings. The second kappa shape index (κ2) is 6.19. The van der Waals surface area contributed by atoms with Gasteiger partial charge in [0.25, 0.3) is 5.56 Å². The van der Waals surface area contributed by atoms with Crippen molar-refractivity contribution in [1.82, 2.24) is 9.88 Å². The molecule has 1 aromatic rings. The Morgan fingerprint density at radius 2 is 2.22 bits per heavy atom. The highest BCUT2D eigenvalue weighted by atomic mass is 16.1. The third kappa shape index (κ3) is 2.83. The normalized spacial score (nSPS) is 15.7. The minimum Gasteiger partial charge on any atom is -0.317 e. The summed E-state index contributed by atoms with van der Waals surface area (Å²) in [6.45, 7) is 3.08. The van der Waals surface area contributed by atoms with Crippen LogP contribution in [-0.4, -0.2) is 17.7 Å². The van der Waals surface area contributed by atoms with Gasteiger partial charge < -0.3 is 9.88 Å². The van der Waals surface area contributed by atoms with Gasteiger partial charge in [-0.25, -0.2) is 0 Å². The molecule has 0 spiro atoms. The first kappa shape index (κ1) is 13.3. The quantitative estimate of drug-likeness (QED) is 0.836. The average Bonchev–Trinajstić information content (AvgIpc) is 2.85. The number of aryl methyl sites for hydroxylation is 1.